The van der Waals surface area contributed by atoms with Crippen molar-refractivity contribution in [2.75, 3.05) is 7.11 Å². The summed E-state index contributed by atoms with van der Waals surface area (Å²) in [5, 5.41) is 0. The monoisotopic (exact) mass is 319 g/mol. The van der Waals surface area contributed by atoms with Gasteiger partial charge in [0.1, 0.15) is 0 Å². The van der Waals surface area contributed by atoms with Gasteiger partial charge < -0.3 is 0 Å². The number of hydrogen-bond donors (Lipinski definition) is 0. The minimum atomic E-state index is 0. The van der Waals surface area contributed by atoms with Crippen molar-refractivity contribution >= 4 is 24.8 Å². The van der Waals surface area contributed by atoms with Crippen molar-refractivity contribution in [3.05, 3.63) is 51.4 Å². The van der Waals surface area contributed by atoms with E-state index in [2.05, 4.69) is 51.6 Å². The van der Waals surface area contributed by atoms with Gasteiger partial charge in [-0.25, -0.2) is 0 Å². The first kappa shape index (κ1) is 17.8. The van der Waals surface area contributed by atoms with E-state index in [0.717, 1.165) is 12.2 Å². The zero-order valence-electron chi connectivity index (χ0n) is 10.5. The number of methoxy groups -OCH3 is 1. The number of hydrogen-bond acceptors (Lipinski definition) is 1. The van der Waals surface area contributed by atoms with Gasteiger partial charge in [0.2, 0.25) is 0 Å². The molecule has 0 spiro atoms. The Morgan fingerprint density at radius 2 is 1.78 bits per heavy atom. The predicted molar refractivity (Wildman–Crippen MR) is 76.7 cm³/mol. The molecule has 1 unspecified atom stereocenters. The Morgan fingerprint density at radius 3 is 2.22 bits per heavy atom. The third-order valence-corrected chi connectivity index (χ3v) is 3.82. The third kappa shape index (κ3) is 3.89. The van der Waals surface area contributed by atoms with Gasteiger partial charge in [-0.3, -0.25) is 0 Å². The van der Waals surface area contributed by atoms with Gasteiger partial charge in [-0.05, 0) is 0 Å². The SMILES string of the molecule is COc1ccc(C(C)C2=[C]([Ti])CC=C2)cc1.Cl.Cl. The Labute approximate surface area is 133 Å². The van der Waals surface area contributed by atoms with Crippen LogP contribution in [0.4, 0.5) is 0 Å². The molecular formula is C14H17Cl2OTi. The van der Waals surface area contributed by atoms with Crippen LogP contribution in [0.5, 0.6) is 5.75 Å². The molecule has 0 amide bonds. The normalized spacial score (nSPS) is 14.7. The fraction of sp³-hybridized carbons (Fsp3) is 0.286. The fourth-order valence-corrected chi connectivity index (χ4v) is 2.65. The summed E-state index contributed by atoms with van der Waals surface area (Å²) in [4.78, 5) is 0. The summed E-state index contributed by atoms with van der Waals surface area (Å²) >= 11 is 2.22. The molecule has 1 atom stereocenters. The van der Waals surface area contributed by atoms with Crippen molar-refractivity contribution in [2.45, 2.75) is 19.3 Å². The van der Waals surface area contributed by atoms with Crippen LogP contribution in [-0.4, -0.2) is 7.11 Å². The Balaban J connectivity index is 0.00000144. The van der Waals surface area contributed by atoms with Gasteiger partial charge in [0.15, 0.2) is 0 Å². The topological polar surface area (TPSA) is 9.23 Å². The van der Waals surface area contributed by atoms with Crippen LogP contribution < -0.4 is 4.74 Å². The largest absolute Gasteiger partial charge is 0.147 e. The number of halogens is 2. The van der Waals surface area contributed by atoms with E-state index in [-0.39, 0.29) is 24.8 Å². The number of benzene rings is 1. The number of rotatable bonds is 3. The number of allylic oxidation sites excluding steroid dienone is 4. The molecule has 1 nitrogen and oxygen atoms in total. The molecule has 0 bridgehead atoms. The summed E-state index contributed by atoms with van der Waals surface area (Å²) in [6, 6.07) is 8.35. The van der Waals surface area contributed by atoms with Crippen LogP contribution in [0, 0.1) is 0 Å². The molecule has 1 aliphatic carbocycles. The van der Waals surface area contributed by atoms with Crippen molar-refractivity contribution in [2.24, 2.45) is 0 Å². The maximum absolute atomic E-state index is 5.17. The second-order valence-corrected chi connectivity index (χ2v) is 4.98. The van der Waals surface area contributed by atoms with E-state index in [1.807, 2.05) is 12.1 Å². The van der Waals surface area contributed by atoms with Gasteiger partial charge >= 0.3 is 109 Å². The average Bonchev–Trinajstić information content (AvgIpc) is 2.75. The molecule has 0 heterocycles. The molecule has 0 radical (unpaired) electrons. The zero-order chi connectivity index (χ0) is 11.5. The summed E-state index contributed by atoms with van der Waals surface area (Å²) in [5.41, 5.74) is 2.81. The molecule has 4 heteroatoms. The molecule has 18 heavy (non-hydrogen) atoms. The van der Waals surface area contributed by atoms with Gasteiger partial charge in [-0.1, -0.05) is 0 Å². The van der Waals surface area contributed by atoms with E-state index in [4.69, 9.17) is 4.74 Å². The van der Waals surface area contributed by atoms with Gasteiger partial charge in [0.05, 0.1) is 0 Å². The molecule has 0 saturated carbocycles. The number of ether oxygens (including phenoxy) is 1. The Bertz CT molecular complexity index is 438. The quantitative estimate of drug-likeness (QED) is 0.750. The molecule has 97 valence electrons. The first-order valence-corrected chi connectivity index (χ1v) is 6.25. The second kappa shape index (κ2) is 8.06. The zero-order valence-corrected chi connectivity index (χ0v) is 13.7. The molecule has 0 aromatic heterocycles. The first-order chi connectivity index (χ1) is 7.72. The van der Waals surface area contributed by atoms with Crippen LogP contribution in [0.2, 0.25) is 0 Å². The summed E-state index contributed by atoms with van der Waals surface area (Å²) in [6.45, 7) is 2.26. The maximum atomic E-state index is 5.17. The summed E-state index contributed by atoms with van der Waals surface area (Å²) in [5.74, 6) is 1.40. The molecule has 0 N–H and O–H groups in total. The Kier molecular flexibility index (Phi) is 7.97. The third-order valence-electron chi connectivity index (χ3n) is 3.05. The summed E-state index contributed by atoms with van der Waals surface area (Å²) < 4.78 is 6.66. The van der Waals surface area contributed by atoms with E-state index in [1.165, 1.54) is 15.0 Å². The maximum Gasteiger partial charge on any atom is -0.147 e. The molecule has 1 aliphatic rings. The predicted octanol–water partition coefficient (Wildman–Crippen LogP) is 4.40. The van der Waals surface area contributed by atoms with E-state index >= 15 is 0 Å². The molecule has 0 saturated heterocycles. The Hall–Kier alpha value is -0.206. The summed E-state index contributed by atoms with van der Waals surface area (Å²) in [6.07, 6.45) is 5.60. The fourth-order valence-electron chi connectivity index (χ4n) is 2.00. The minimum absolute atomic E-state index is 0. The van der Waals surface area contributed by atoms with Crippen LogP contribution in [-0.2, 0) is 20.4 Å². The smallest absolute Gasteiger partial charge is 0.147 e. The van der Waals surface area contributed by atoms with E-state index < -0.39 is 0 Å². The first-order valence-electron chi connectivity index (χ1n) is 5.47. The standard InChI is InChI=1S/C14H15O.2ClH.Ti/c1-11(12-5-3-4-6-12)13-7-9-14(15-2)10-8-13;;;/h3,5,7-11H,4H2,1-2H3;2*1H;. The molecule has 1 aromatic rings. The molecule has 1 aromatic carbocycles. The van der Waals surface area contributed by atoms with E-state index in [0.29, 0.717) is 5.92 Å². The van der Waals surface area contributed by atoms with E-state index in [9.17, 15) is 0 Å². The second-order valence-electron chi connectivity index (χ2n) is 4.04. The average molecular weight is 320 g/mol. The van der Waals surface area contributed by atoms with Crippen molar-refractivity contribution in [1.29, 1.82) is 0 Å². The van der Waals surface area contributed by atoms with Crippen molar-refractivity contribution in [1.82, 2.24) is 0 Å². The minimum Gasteiger partial charge on any atom is -0.147 e. The molecule has 2 rings (SSSR count). The summed E-state index contributed by atoms with van der Waals surface area (Å²) in [7, 11) is 1.70. The van der Waals surface area contributed by atoms with Crippen LogP contribution in [0.3, 0.4) is 0 Å². The van der Waals surface area contributed by atoms with Crippen LogP contribution in [0.15, 0.2) is 45.9 Å². The van der Waals surface area contributed by atoms with Gasteiger partial charge in [0.25, 0.3) is 0 Å². The van der Waals surface area contributed by atoms with Crippen molar-refractivity contribution in [3.63, 3.8) is 0 Å². The molecule has 0 fully saturated rings. The van der Waals surface area contributed by atoms with Gasteiger partial charge in [-0.2, -0.15) is 0 Å². The van der Waals surface area contributed by atoms with E-state index in [1.54, 1.807) is 7.11 Å². The van der Waals surface area contributed by atoms with Crippen LogP contribution in [0.25, 0.3) is 0 Å². The van der Waals surface area contributed by atoms with Crippen molar-refractivity contribution < 1.29 is 25.2 Å². The van der Waals surface area contributed by atoms with Crippen molar-refractivity contribution in [3.8, 4) is 5.75 Å². The van der Waals surface area contributed by atoms with Gasteiger partial charge in [0, 0.05) is 0 Å². The Morgan fingerprint density at radius 1 is 1.17 bits per heavy atom. The molecular weight excluding hydrogens is 303 g/mol. The van der Waals surface area contributed by atoms with Crippen LogP contribution >= 0.6 is 24.8 Å². The van der Waals surface area contributed by atoms with Crippen LogP contribution in [0.1, 0.15) is 24.8 Å². The van der Waals surface area contributed by atoms with Gasteiger partial charge in [-0.15, -0.1) is 24.8 Å². The molecule has 0 aliphatic heterocycles.